The molecule has 1 aromatic carbocycles. The van der Waals surface area contributed by atoms with Gasteiger partial charge in [0.25, 0.3) is 5.91 Å². The zero-order valence-corrected chi connectivity index (χ0v) is 14.8. The van der Waals surface area contributed by atoms with Crippen molar-refractivity contribution in [2.75, 3.05) is 0 Å². The van der Waals surface area contributed by atoms with E-state index in [9.17, 15) is 4.79 Å². The third kappa shape index (κ3) is 5.43. The van der Waals surface area contributed by atoms with Crippen LogP contribution in [0.15, 0.2) is 29.2 Å². The highest BCUT2D eigenvalue weighted by Crippen LogP contribution is 2.36. The second-order valence-electron chi connectivity index (χ2n) is 6.22. The molecule has 1 amide bonds. The first-order valence-corrected chi connectivity index (χ1v) is 9.39. The molecule has 5 heteroatoms. The Morgan fingerprint density at radius 2 is 1.96 bits per heavy atom. The quantitative estimate of drug-likeness (QED) is 0.439. The van der Waals surface area contributed by atoms with Gasteiger partial charge in [0.15, 0.2) is 0 Å². The van der Waals surface area contributed by atoms with E-state index in [1.807, 2.05) is 36.7 Å². The number of thioether (sulfide) groups is 1. The van der Waals surface area contributed by atoms with Crippen molar-refractivity contribution in [2.24, 2.45) is 5.92 Å². The van der Waals surface area contributed by atoms with Gasteiger partial charge >= 0.3 is 0 Å². The first kappa shape index (κ1) is 18.1. The van der Waals surface area contributed by atoms with E-state index in [4.69, 9.17) is 9.94 Å². The summed E-state index contributed by atoms with van der Waals surface area (Å²) in [5.74, 6) is 0.892. The van der Waals surface area contributed by atoms with Crippen LogP contribution < -0.4 is 10.2 Å². The molecule has 0 bridgehead atoms. The zero-order valence-electron chi connectivity index (χ0n) is 14.0. The Hall–Kier alpha value is -1.20. The van der Waals surface area contributed by atoms with Gasteiger partial charge in [-0.2, -0.15) is 0 Å². The lowest BCUT2D eigenvalue weighted by Crippen LogP contribution is -2.36. The average molecular weight is 337 g/mol. The van der Waals surface area contributed by atoms with Gasteiger partial charge in [-0.1, -0.05) is 26.2 Å². The van der Waals surface area contributed by atoms with Gasteiger partial charge in [-0.15, -0.1) is 11.8 Å². The highest BCUT2D eigenvalue weighted by atomic mass is 32.2. The molecular formula is C18H27NO3S. The molecule has 1 aliphatic carbocycles. The fourth-order valence-electron chi connectivity index (χ4n) is 2.92. The number of hydrogen-bond acceptors (Lipinski definition) is 4. The number of nitrogens with one attached hydrogen (secondary N) is 1. The molecule has 2 unspecified atom stereocenters. The fraction of sp³-hybridized carbons (Fsp3) is 0.611. The molecule has 0 radical (unpaired) electrons. The van der Waals surface area contributed by atoms with E-state index >= 15 is 0 Å². The molecule has 4 nitrogen and oxygen atoms in total. The van der Waals surface area contributed by atoms with Crippen LogP contribution >= 0.6 is 11.8 Å². The predicted molar refractivity (Wildman–Crippen MR) is 93.0 cm³/mol. The molecule has 1 aromatic rings. The van der Waals surface area contributed by atoms with Crippen molar-refractivity contribution >= 4 is 17.7 Å². The number of carbonyl (C=O) groups excluding carboxylic acids is 1. The summed E-state index contributed by atoms with van der Waals surface area (Å²) in [6.07, 6.45) is 6.86. The minimum Gasteiger partial charge on any atom is -0.491 e. The van der Waals surface area contributed by atoms with Crippen molar-refractivity contribution in [1.29, 1.82) is 0 Å². The highest BCUT2D eigenvalue weighted by Gasteiger charge is 2.30. The van der Waals surface area contributed by atoms with Gasteiger partial charge in [0.2, 0.25) is 0 Å². The predicted octanol–water partition coefficient (Wildman–Crippen LogP) is 4.41. The van der Waals surface area contributed by atoms with E-state index in [1.54, 1.807) is 0 Å². The third-order valence-electron chi connectivity index (χ3n) is 4.45. The molecule has 2 atom stereocenters. The Morgan fingerprint density at radius 3 is 2.52 bits per heavy atom. The molecule has 0 spiro atoms. The smallest absolute Gasteiger partial charge is 0.257 e. The fourth-order valence-corrected chi connectivity index (χ4v) is 4.13. The van der Waals surface area contributed by atoms with Crippen LogP contribution in [0.2, 0.25) is 0 Å². The van der Waals surface area contributed by atoms with Crippen LogP contribution in [-0.2, 0) is 4.79 Å². The number of benzene rings is 1. The third-order valence-corrected chi connectivity index (χ3v) is 5.84. The van der Waals surface area contributed by atoms with Gasteiger partial charge in [-0.05, 0) is 56.4 Å². The molecule has 1 aliphatic rings. The Bertz CT molecular complexity index is 486. The summed E-state index contributed by atoms with van der Waals surface area (Å²) < 4.78 is 5.78. The number of ether oxygens (including phenoxy) is 1. The number of amides is 1. The van der Waals surface area contributed by atoms with E-state index in [0.717, 1.165) is 29.9 Å². The number of hydrogen-bond donors (Lipinski definition) is 2. The lowest BCUT2D eigenvalue weighted by molar-refractivity contribution is -0.129. The van der Waals surface area contributed by atoms with Gasteiger partial charge in [-0.25, -0.2) is 5.48 Å². The van der Waals surface area contributed by atoms with Crippen molar-refractivity contribution in [3.8, 4) is 5.75 Å². The first-order valence-electron chi connectivity index (χ1n) is 8.51. The monoisotopic (exact) mass is 337 g/mol. The van der Waals surface area contributed by atoms with Crippen LogP contribution in [0.25, 0.3) is 0 Å². The molecule has 1 saturated carbocycles. The summed E-state index contributed by atoms with van der Waals surface area (Å²) in [7, 11) is 0. The number of carbonyl (C=O) groups is 1. The van der Waals surface area contributed by atoms with Crippen LogP contribution in [-0.4, -0.2) is 22.5 Å². The van der Waals surface area contributed by atoms with Crippen LogP contribution in [0, 0.1) is 5.92 Å². The maximum Gasteiger partial charge on any atom is 0.257 e. The second-order valence-corrected chi connectivity index (χ2v) is 7.44. The Morgan fingerprint density at radius 1 is 1.30 bits per heavy atom. The molecule has 0 heterocycles. The molecule has 0 aliphatic heterocycles. The van der Waals surface area contributed by atoms with Gasteiger partial charge in [-0.3, -0.25) is 10.0 Å². The Balaban J connectivity index is 2.02. The van der Waals surface area contributed by atoms with E-state index in [-0.39, 0.29) is 17.3 Å². The molecule has 128 valence electrons. The van der Waals surface area contributed by atoms with E-state index in [0.29, 0.717) is 5.92 Å². The van der Waals surface area contributed by atoms with E-state index in [2.05, 4.69) is 6.92 Å². The number of rotatable bonds is 7. The second kappa shape index (κ2) is 9.18. The zero-order chi connectivity index (χ0) is 16.7. The van der Waals surface area contributed by atoms with Crippen LogP contribution in [0.1, 0.15) is 52.4 Å². The molecule has 2 N–H and O–H groups in total. The standard InChI is InChI=1S/C18H27NO3S/c1-3-13(2)22-15-9-11-16(12-10-15)23-17(18(20)19-21)14-7-5-4-6-8-14/h9-14,17,21H,3-8H2,1-2H3,(H,19,20). The summed E-state index contributed by atoms with van der Waals surface area (Å²) in [4.78, 5) is 13.1. The lowest BCUT2D eigenvalue weighted by Gasteiger charge is -2.28. The topological polar surface area (TPSA) is 58.6 Å². The van der Waals surface area contributed by atoms with Crippen molar-refractivity contribution in [3.05, 3.63) is 24.3 Å². The normalized spacial score (nSPS) is 18.2. The van der Waals surface area contributed by atoms with Gasteiger partial charge < -0.3 is 4.74 Å². The van der Waals surface area contributed by atoms with Crippen LogP contribution in [0.3, 0.4) is 0 Å². The molecule has 0 saturated heterocycles. The molecule has 1 fully saturated rings. The van der Waals surface area contributed by atoms with Crippen LogP contribution in [0.5, 0.6) is 5.75 Å². The summed E-state index contributed by atoms with van der Waals surface area (Å²) in [5, 5.41) is 8.82. The largest absolute Gasteiger partial charge is 0.491 e. The Labute approximate surface area is 143 Å². The summed E-state index contributed by atoms with van der Waals surface area (Å²) in [6, 6.07) is 7.87. The van der Waals surface area contributed by atoms with Crippen molar-refractivity contribution in [2.45, 2.75) is 68.6 Å². The summed E-state index contributed by atoms with van der Waals surface area (Å²) in [5.41, 5.74) is 1.84. The minimum atomic E-state index is -0.290. The molecule has 2 rings (SSSR count). The van der Waals surface area contributed by atoms with Crippen molar-refractivity contribution in [3.63, 3.8) is 0 Å². The van der Waals surface area contributed by atoms with E-state index < -0.39 is 0 Å². The summed E-state index contributed by atoms with van der Waals surface area (Å²) >= 11 is 1.53. The van der Waals surface area contributed by atoms with E-state index in [1.165, 1.54) is 31.0 Å². The maximum absolute atomic E-state index is 12.1. The Kier molecular flexibility index (Phi) is 7.24. The molecule has 23 heavy (non-hydrogen) atoms. The number of hydroxylamine groups is 1. The SMILES string of the molecule is CCC(C)Oc1ccc(SC(C(=O)NO)C2CCCCC2)cc1. The van der Waals surface area contributed by atoms with Crippen molar-refractivity contribution < 1.29 is 14.7 Å². The van der Waals surface area contributed by atoms with Gasteiger partial charge in [0.05, 0.1) is 11.4 Å². The first-order chi connectivity index (χ1) is 11.1. The van der Waals surface area contributed by atoms with Crippen LogP contribution in [0.4, 0.5) is 0 Å². The summed E-state index contributed by atoms with van der Waals surface area (Å²) in [6.45, 7) is 4.14. The van der Waals surface area contributed by atoms with Gasteiger partial charge in [0.1, 0.15) is 5.75 Å². The molecular weight excluding hydrogens is 310 g/mol. The van der Waals surface area contributed by atoms with Crippen molar-refractivity contribution in [1.82, 2.24) is 5.48 Å². The minimum absolute atomic E-state index is 0.198. The highest BCUT2D eigenvalue weighted by molar-refractivity contribution is 8.00. The molecule has 0 aromatic heterocycles. The van der Waals surface area contributed by atoms with Gasteiger partial charge in [0, 0.05) is 4.90 Å². The lowest BCUT2D eigenvalue weighted by atomic mass is 9.86. The maximum atomic E-state index is 12.1. The average Bonchev–Trinajstić information content (AvgIpc) is 2.61.